The highest BCUT2D eigenvalue weighted by molar-refractivity contribution is 9.10. The first-order valence-electron chi connectivity index (χ1n) is 4.68. The summed E-state index contributed by atoms with van der Waals surface area (Å²) in [5.41, 5.74) is 0. The number of aliphatic hydroxyl groups is 1. The summed E-state index contributed by atoms with van der Waals surface area (Å²) in [7, 11) is 0. The molecule has 1 aromatic rings. The van der Waals surface area contributed by atoms with Crippen LogP contribution in [-0.4, -0.2) is 5.11 Å². The molecule has 1 unspecified atom stereocenters. The Kier molecular flexibility index (Phi) is 3.06. The lowest BCUT2D eigenvalue weighted by atomic mass is 10.1. The second kappa shape index (κ2) is 4.11. The summed E-state index contributed by atoms with van der Waals surface area (Å²) in [6.45, 7) is 0. The standard InChI is InChI=1S/C10H13BrOS/c11-8-5-6-13-10(8)9(12)4-3-7-1-2-7/h5-7,9,12H,1-4H2. The molecule has 0 aliphatic heterocycles. The fourth-order valence-corrected chi connectivity index (χ4v) is 3.13. The molecule has 1 heterocycles. The van der Waals surface area contributed by atoms with E-state index in [0.29, 0.717) is 0 Å². The van der Waals surface area contributed by atoms with Gasteiger partial charge in [0.05, 0.1) is 6.10 Å². The van der Waals surface area contributed by atoms with Crippen LogP contribution in [0.25, 0.3) is 0 Å². The number of halogens is 1. The number of hydrogen-bond acceptors (Lipinski definition) is 2. The van der Waals surface area contributed by atoms with E-state index in [2.05, 4.69) is 15.9 Å². The molecule has 1 nitrogen and oxygen atoms in total. The summed E-state index contributed by atoms with van der Waals surface area (Å²) in [4.78, 5) is 1.08. The van der Waals surface area contributed by atoms with Gasteiger partial charge in [0.25, 0.3) is 0 Å². The molecule has 1 N–H and O–H groups in total. The van der Waals surface area contributed by atoms with Gasteiger partial charge in [0.2, 0.25) is 0 Å². The summed E-state index contributed by atoms with van der Waals surface area (Å²) < 4.78 is 1.06. The Morgan fingerprint density at radius 1 is 1.62 bits per heavy atom. The molecule has 13 heavy (non-hydrogen) atoms. The third-order valence-corrected chi connectivity index (χ3v) is 4.46. The van der Waals surface area contributed by atoms with Crippen LogP contribution in [-0.2, 0) is 0 Å². The highest BCUT2D eigenvalue weighted by atomic mass is 79.9. The Bertz CT molecular complexity index is 280. The van der Waals surface area contributed by atoms with Crippen molar-refractivity contribution in [3.05, 3.63) is 20.8 Å². The van der Waals surface area contributed by atoms with Gasteiger partial charge in [-0.05, 0) is 46.1 Å². The zero-order chi connectivity index (χ0) is 9.26. The zero-order valence-electron chi connectivity index (χ0n) is 7.37. The van der Waals surface area contributed by atoms with Gasteiger partial charge in [0.1, 0.15) is 0 Å². The lowest BCUT2D eigenvalue weighted by molar-refractivity contribution is 0.165. The van der Waals surface area contributed by atoms with Crippen LogP contribution in [0.5, 0.6) is 0 Å². The first-order valence-corrected chi connectivity index (χ1v) is 6.35. The van der Waals surface area contributed by atoms with Crippen molar-refractivity contribution in [1.29, 1.82) is 0 Å². The van der Waals surface area contributed by atoms with Crippen LogP contribution >= 0.6 is 27.3 Å². The third kappa shape index (κ3) is 2.55. The maximum absolute atomic E-state index is 9.85. The van der Waals surface area contributed by atoms with E-state index in [9.17, 15) is 5.11 Å². The van der Waals surface area contributed by atoms with Gasteiger partial charge in [-0.2, -0.15) is 0 Å². The number of aliphatic hydroxyl groups excluding tert-OH is 1. The van der Waals surface area contributed by atoms with Crippen LogP contribution in [0.2, 0.25) is 0 Å². The number of hydrogen-bond donors (Lipinski definition) is 1. The van der Waals surface area contributed by atoms with Crippen molar-refractivity contribution in [1.82, 2.24) is 0 Å². The van der Waals surface area contributed by atoms with Crippen molar-refractivity contribution >= 4 is 27.3 Å². The molecule has 0 aromatic carbocycles. The van der Waals surface area contributed by atoms with Crippen LogP contribution in [0.4, 0.5) is 0 Å². The predicted octanol–water partition coefficient (Wildman–Crippen LogP) is 3.73. The topological polar surface area (TPSA) is 20.2 Å². The molecule has 3 heteroatoms. The average Bonchev–Trinajstić information content (AvgIpc) is 2.84. The molecule has 1 aromatic heterocycles. The molecule has 0 amide bonds. The van der Waals surface area contributed by atoms with Gasteiger partial charge in [-0.15, -0.1) is 11.3 Å². The molecule has 0 saturated heterocycles. The average molecular weight is 261 g/mol. The van der Waals surface area contributed by atoms with Crippen molar-refractivity contribution in [3.63, 3.8) is 0 Å². The summed E-state index contributed by atoms with van der Waals surface area (Å²) in [6, 6.07) is 2.00. The van der Waals surface area contributed by atoms with Gasteiger partial charge in [0.15, 0.2) is 0 Å². The van der Waals surface area contributed by atoms with E-state index in [-0.39, 0.29) is 6.10 Å². The highest BCUT2D eigenvalue weighted by Crippen LogP contribution is 2.38. The Morgan fingerprint density at radius 2 is 2.38 bits per heavy atom. The molecule has 0 spiro atoms. The van der Waals surface area contributed by atoms with Crippen LogP contribution in [0.3, 0.4) is 0 Å². The van der Waals surface area contributed by atoms with E-state index in [0.717, 1.165) is 21.7 Å². The van der Waals surface area contributed by atoms with Crippen molar-refractivity contribution in [3.8, 4) is 0 Å². The summed E-state index contributed by atoms with van der Waals surface area (Å²) in [6.07, 6.45) is 4.60. The fourth-order valence-electron chi connectivity index (χ4n) is 1.47. The van der Waals surface area contributed by atoms with Gasteiger partial charge in [-0.1, -0.05) is 12.8 Å². The second-order valence-corrected chi connectivity index (χ2v) is 5.47. The molecule has 2 rings (SSSR count). The summed E-state index contributed by atoms with van der Waals surface area (Å²) in [5.74, 6) is 0.911. The third-order valence-electron chi connectivity index (χ3n) is 2.49. The predicted molar refractivity (Wildman–Crippen MR) is 58.9 cm³/mol. The largest absolute Gasteiger partial charge is 0.388 e. The van der Waals surface area contributed by atoms with Gasteiger partial charge >= 0.3 is 0 Å². The molecule has 0 bridgehead atoms. The van der Waals surface area contributed by atoms with Gasteiger partial charge in [-0.3, -0.25) is 0 Å². The van der Waals surface area contributed by atoms with Crippen LogP contribution in [0, 0.1) is 5.92 Å². The van der Waals surface area contributed by atoms with Crippen molar-refractivity contribution < 1.29 is 5.11 Å². The molecule has 0 radical (unpaired) electrons. The Hall–Kier alpha value is 0.140. The SMILES string of the molecule is OC(CCC1CC1)c1sccc1Br. The monoisotopic (exact) mass is 260 g/mol. The minimum Gasteiger partial charge on any atom is -0.388 e. The molecular weight excluding hydrogens is 248 g/mol. The van der Waals surface area contributed by atoms with E-state index in [4.69, 9.17) is 0 Å². The van der Waals surface area contributed by atoms with Crippen LogP contribution in [0.1, 0.15) is 36.7 Å². The first-order chi connectivity index (χ1) is 6.27. The molecule has 1 aliphatic carbocycles. The van der Waals surface area contributed by atoms with Gasteiger partial charge in [0, 0.05) is 9.35 Å². The van der Waals surface area contributed by atoms with E-state index in [1.54, 1.807) is 11.3 Å². The minimum absolute atomic E-state index is 0.255. The summed E-state index contributed by atoms with van der Waals surface area (Å²) in [5, 5.41) is 11.9. The Labute approximate surface area is 90.9 Å². The van der Waals surface area contributed by atoms with E-state index >= 15 is 0 Å². The van der Waals surface area contributed by atoms with Crippen LogP contribution in [0.15, 0.2) is 15.9 Å². The lowest BCUT2D eigenvalue weighted by Crippen LogP contribution is -1.95. The summed E-state index contributed by atoms with van der Waals surface area (Å²) >= 11 is 5.07. The Morgan fingerprint density at radius 3 is 2.92 bits per heavy atom. The van der Waals surface area contributed by atoms with Gasteiger partial charge in [-0.25, -0.2) is 0 Å². The van der Waals surface area contributed by atoms with Crippen molar-refractivity contribution in [2.24, 2.45) is 5.92 Å². The highest BCUT2D eigenvalue weighted by Gasteiger charge is 2.23. The normalized spacial score (nSPS) is 18.9. The molecule has 72 valence electrons. The second-order valence-electron chi connectivity index (χ2n) is 3.67. The molecule has 1 atom stereocenters. The number of rotatable bonds is 4. The smallest absolute Gasteiger partial charge is 0.0893 e. The number of thiophene rings is 1. The van der Waals surface area contributed by atoms with Gasteiger partial charge < -0.3 is 5.11 Å². The van der Waals surface area contributed by atoms with Crippen molar-refractivity contribution in [2.75, 3.05) is 0 Å². The van der Waals surface area contributed by atoms with Crippen LogP contribution < -0.4 is 0 Å². The molecular formula is C10H13BrOS. The first kappa shape index (κ1) is 9.69. The maximum Gasteiger partial charge on any atom is 0.0893 e. The molecule has 1 fully saturated rings. The molecule has 1 aliphatic rings. The minimum atomic E-state index is -0.255. The lowest BCUT2D eigenvalue weighted by Gasteiger charge is -2.08. The van der Waals surface area contributed by atoms with E-state index < -0.39 is 0 Å². The fraction of sp³-hybridized carbons (Fsp3) is 0.600. The van der Waals surface area contributed by atoms with Crippen molar-refractivity contribution in [2.45, 2.75) is 31.8 Å². The zero-order valence-corrected chi connectivity index (χ0v) is 9.77. The van der Waals surface area contributed by atoms with E-state index in [1.165, 1.54) is 19.3 Å². The van der Waals surface area contributed by atoms with E-state index in [1.807, 2.05) is 11.4 Å². The maximum atomic E-state index is 9.85. The molecule has 1 saturated carbocycles. The quantitative estimate of drug-likeness (QED) is 0.875. The Balaban J connectivity index is 1.88.